The standard InChI is InChI=1S/C40H53N7O8S/c1-12-23-18-40(23,35(51)54-11)46-33(49)30-16-25(19-47(30)34(50)32(39(7,8)9)45-36(52)41-21(2)38(4,5)6)55-31-17-28(29-20-56-37(44-29)42-22(3)48)43-27-15-24(53-10)13-14-26(27)31/h12-15,17,20-21,23,25,30,32H,1,16,18-19H2,2-11H3,(H,46,49)(H2,41,45,52)(H,42,44,48)/t21-,23+,25?,30+,32-,40-/m1/s1. The van der Waals surface area contributed by atoms with Gasteiger partial charge in [0.25, 0.3) is 0 Å². The molecule has 0 spiro atoms. The summed E-state index contributed by atoms with van der Waals surface area (Å²) in [4.78, 5) is 77.7. The summed E-state index contributed by atoms with van der Waals surface area (Å²) in [5.41, 5.74) is -0.798. The summed E-state index contributed by atoms with van der Waals surface area (Å²) in [5.74, 6) is -1.26. The van der Waals surface area contributed by atoms with Gasteiger partial charge >= 0.3 is 12.0 Å². The molecule has 1 aliphatic heterocycles. The SMILES string of the molecule is C=C[C@H]1C[C@]1(NC(=O)[C@@H]1CC(Oc2cc(-c3csc(NC(C)=O)n3)nc3cc(OC)ccc23)CN1C(=O)[C@@H](NC(=O)N[C@H](C)C(C)(C)C)C(C)(C)C)C(=O)OC. The Labute approximate surface area is 331 Å². The Morgan fingerprint density at radius 2 is 1.73 bits per heavy atom. The topological polar surface area (TPSA) is 190 Å². The molecule has 0 radical (unpaired) electrons. The zero-order valence-electron chi connectivity index (χ0n) is 33.7. The van der Waals surface area contributed by atoms with Crippen molar-refractivity contribution < 1.29 is 38.2 Å². The van der Waals surface area contributed by atoms with Crippen LogP contribution >= 0.6 is 11.3 Å². The van der Waals surface area contributed by atoms with Crippen LogP contribution in [0.1, 0.15) is 68.2 Å². The second-order valence-corrected chi connectivity index (χ2v) is 17.5. The van der Waals surface area contributed by atoms with E-state index in [0.29, 0.717) is 45.3 Å². The van der Waals surface area contributed by atoms with Gasteiger partial charge in [0.15, 0.2) is 5.13 Å². The summed E-state index contributed by atoms with van der Waals surface area (Å²) in [6.07, 6.45) is 1.26. The average molecular weight is 792 g/mol. The number of carbonyl (C=O) groups is 5. The first-order chi connectivity index (χ1) is 26.2. The Balaban J connectivity index is 1.51. The molecule has 1 saturated heterocycles. The van der Waals surface area contributed by atoms with Gasteiger partial charge in [0.2, 0.25) is 17.7 Å². The van der Waals surface area contributed by atoms with Crippen molar-refractivity contribution in [3.8, 4) is 22.9 Å². The summed E-state index contributed by atoms with van der Waals surface area (Å²) in [6, 6.07) is 4.23. The number of rotatable bonds is 12. The molecule has 4 N–H and O–H groups in total. The van der Waals surface area contributed by atoms with E-state index in [1.807, 2.05) is 54.5 Å². The van der Waals surface area contributed by atoms with Crippen LogP contribution in [0.15, 0.2) is 42.3 Å². The number of benzene rings is 1. The van der Waals surface area contributed by atoms with Crippen LogP contribution in [0.3, 0.4) is 0 Å². The molecule has 302 valence electrons. The molecule has 1 aliphatic carbocycles. The number of amides is 5. The summed E-state index contributed by atoms with van der Waals surface area (Å²) in [5, 5.41) is 14.2. The van der Waals surface area contributed by atoms with Crippen molar-refractivity contribution in [3.05, 3.63) is 42.3 Å². The molecule has 1 saturated carbocycles. The van der Waals surface area contributed by atoms with Gasteiger partial charge < -0.3 is 40.4 Å². The molecule has 16 heteroatoms. The van der Waals surface area contributed by atoms with Crippen LogP contribution in [-0.2, 0) is 23.9 Å². The second kappa shape index (κ2) is 16.1. The molecule has 2 fully saturated rings. The zero-order chi connectivity index (χ0) is 41.3. The molecular formula is C40H53N7O8S. The highest BCUT2D eigenvalue weighted by Gasteiger charge is 2.62. The highest BCUT2D eigenvalue weighted by Crippen LogP contribution is 2.46. The molecule has 0 bridgehead atoms. The van der Waals surface area contributed by atoms with Gasteiger partial charge in [-0.25, -0.2) is 19.6 Å². The number of carbonyl (C=O) groups excluding carboxylic acids is 5. The molecule has 6 atom stereocenters. The highest BCUT2D eigenvalue weighted by molar-refractivity contribution is 7.14. The minimum absolute atomic E-state index is 0.0139. The number of esters is 1. The fraction of sp³-hybridized carbons (Fsp3) is 0.525. The lowest BCUT2D eigenvalue weighted by Crippen LogP contribution is -2.61. The van der Waals surface area contributed by atoms with Gasteiger partial charge in [-0.1, -0.05) is 47.6 Å². The fourth-order valence-electron chi connectivity index (χ4n) is 6.57. The molecule has 5 amide bonds. The van der Waals surface area contributed by atoms with E-state index in [9.17, 15) is 24.0 Å². The Kier molecular flexibility index (Phi) is 12.0. The summed E-state index contributed by atoms with van der Waals surface area (Å²) < 4.78 is 17.2. The smallest absolute Gasteiger partial charge is 0.332 e. The number of hydrogen-bond donors (Lipinski definition) is 4. The van der Waals surface area contributed by atoms with Crippen molar-refractivity contribution in [3.63, 3.8) is 0 Å². The zero-order valence-corrected chi connectivity index (χ0v) is 34.5. The molecule has 2 aliphatic rings. The van der Waals surface area contributed by atoms with Gasteiger partial charge in [0.05, 0.1) is 32.0 Å². The van der Waals surface area contributed by atoms with Gasteiger partial charge in [0.1, 0.15) is 40.9 Å². The van der Waals surface area contributed by atoms with E-state index in [1.165, 1.54) is 30.3 Å². The molecule has 1 aromatic carbocycles. The molecule has 3 heterocycles. The van der Waals surface area contributed by atoms with Crippen molar-refractivity contribution in [1.29, 1.82) is 0 Å². The lowest BCUT2D eigenvalue weighted by atomic mass is 9.85. The third-order valence-electron chi connectivity index (χ3n) is 10.4. The maximum Gasteiger partial charge on any atom is 0.332 e. The number of methoxy groups -OCH3 is 2. The predicted molar refractivity (Wildman–Crippen MR) is 213 cm³/mol. The van der Waals surface area contributed by atoms with E-state index in [1.54, 1.807) is 36.8 Å². The number of urea groups is 1. The maximum absolute atomic E-state index is 14.7. The number of likely N-dealkylation sites (tertiary alicyclic amines) is 1. The third-order valence-corrected chi connectivity index (χ3v) is 11.2. The first-order valence-electron chi connectivity index (χ1n) is 18.5. The van der Waals surface area contributed by atoms with Crippen LogP contribution in [0.2, 0.25) is 0 Å². The minimum atomic E-state index is -1.30. The van der Waals surface area contributed by atoms with Crippen molar-refractivity contribution >= 4 is 57.1 Å². The Bertz CT molecular complexity index is 2020. The summed E-state index contributed by atoms with van der Waals surface area (Å²) in [7, 11) is 2.81. The molecule has 56 heavy (non-hydrogen) atoms. The van der Waals surface area contributed by atoms with Crippen LogP contribution in [0.4, 0.5) is 9.93 Å². The number of nitrogens with zero attached hydrogens (tertiary/aromatic N) is 3. The number of fused-ring (bicyclic) bond motifs is 1. The van der Waals surface area contributed by atoms with E-state index >= 15 is 0 Å². The van der Waals surface area contributed by atoms with Crippen LogP contribution in [0, 0.1) is 16.7 Å². The van der Waals surface area contributed by atoms with Crippen LogP contribution in [-0.4, -0.2) is 95.1 Å². The Morgan fingerprint density at radius 3 is 2.32 bits per heavy atom. The number of thiazole rings is 1. The second-order valence-electron chi connectivity index (χ2n) is 16.6. The van der Waals surface area contributed by atoms with Gasteiger partial charge in [-0.3, -0.25) is 14.4 Å². The summed E-state index contributed by atoms with van der Waals surface area (Å²) >= 11 is 1.25. The number of ether oxygens (including phenoxy) is 3. The van der Waals surface area contributed by atoms with Gasteiger partial charge in [-0.05, 0) is 36.3 Å². The van der Waals surface area contributed by atoms with Crippen LogP contribution in [0.5, 0.6) is 11.5 Å². The van der Waals surface area contributed by atoms with E-state index < -0.39 is 53.0 Å². The molecular weight excluding hydrogens is 739 g/mol. The van der Waals surface area contributed by atoms with Gasteiger partial charge in [0, 0.05) is 48.2 Å². The van der Waals surface area contributed by atoms with Crippen molar-refractivity contribution in [2.45, 2.75) is 98.0 Å². The van der Waals surface area contributed by atoms with E-state index in [2.05, 4.69) is 32.8 Å². The quantitative estimate of drug-likeness (QED) is 0.143. The third kappa shape index (κ3) is 9.06. The first-order valence-corrected chi connectivity index (χ1v) is 19.4. The monoisotopic (exact) mass is 791 g/mol. The first kappa shape index (κ1) is 41.9. The molecule has 1 unspecified atom stereocenters. The van der Waals surface area contributed by atoms with Crippen molar-refractivity contribution in [2.75, 3.05) is 26.1 Å². The van der Waals surface area contributed by atoms with E-state index in [4.69, 9.17) is 19.2 Å². The van der Waals surface area contributed by atoms with E-state index in [-0.39, 0.29) is 36.2 Å². The van der Waals surface area contributed by atoms with Crippen LogP contribution in [0.25, 0.3) is 22.3 Å². The van der Waals surface area contributed by atoms with Crippen molar-refractivity contribution in [2.24, 2.45) is 16.7 Å². The van der Waals surface area contributed by atoms with Crippen LogP contribution < -0.4 is 30.7 Å². The molecule has 2 aromatic heterocycles. The largest absolute Gasteiger partial charge is 0.497 e. The highest BCUT2D eigenvalue weighted by atomic mass is 32.1. The van der Waals surface area contributed by atoms with Gasteiger partial charge in [-0.2, -0.15) is 0 Å². The van der Waals surface area contributed by atoms with Crippen molar-refractivity contribution in [1.82, 2.24) is 30.8 Å². The average Bonchev–Trinajstić information content (AvgIpc) is 3.40. The lowest BCUT2D eigenvalue weighted by Gasteiger charge is -2.36. The minimum Gasteiger partial charge on any atom is -0.497 e. The lowest BCUT2D eigenvalue weighted by molar-refractivity contribution is -0.148. The molecule has 5 rings (SSSR count). The Hall–Kier alpha value is -5.25. The number of anilines is 1. The van der Waals surface area contributed by atoms with Gasteiger partial charge in [-0.15, -0.1) is 17.9 Å². The van der Waals surface area contributed by atoms with E-state index in [0.717, 1.165) is 0 Å². The summed E-state index contributed by atoms with van der Waals surface area (Å²) in [6.45, 7) is 18.6. The number of aromatic nitrogens is 2. The number of pyridine rings is 1. The molecule has 15 nitrogen and oxygen atoms in total. The molecule has 3 aromatic rings. The Morgan fingerprint density at radius 1 is 1.02 bits per heavy atom. The number of hydrogen-bond acceptors (Lipinski definition) is 11. The maximum atomic E-state index is 14.7. The fourth-order valence-corrected chi connectivity index (χ4v) is 7.32. The predicted octanol–water partition coefficient (Wildman–Crippen LogP) is 5.06. The normalized spacial score (nSPS) is 21.7. The number of nitrogens with one attached hydrogen (secondary N) is 4.